The highest BCUT2D eigenvalue weighted by molar-refractivity contribution is 8.93. The fourth-order valence-electron chi connectivity index (χ4n) is 1.33. The SMILES string of the molecule is Br.O=C(O)COc1cccc2cccnc12. The zero-order chi connectivity index (χ0) is 10.7. The average molecular weight is 284 g/mol. The molecule has 0 saturated heterocycles. The number of para-hydroxylation sites is 1. The van der Waals surface area contributed by atoms with Crippen molar-refractivity contribution in [2.75, 3.05) is 6.61 Å². The monoisotopic (exact) mass is 283 g/mol. The summed E-state index contributed by atoms with van der Waals surface area (Å²) in [6, 6.07) is 9.13. The predicted octanol–water partition coefficient (Wildman–Crippen LogP) is 2.28. The topological polar surface area (TPSA) is 59.4 Å². The Bertz CT molecular complexity index is 496. The molecule has 0 atom stereocenters. The van der Waals surface area contributed by atoms with E-state index >= 15 is 0 Å². The van der Waals surface area contributed by atoms with Gasteiger partial charge in [0.05, 0.1) is 0 Å². The second-order valence-corrected chi connectivity index (χ2v) is 3.01. The maximum Gasteiger partial charge on any atom is 0.341 e. The summed E-state index contributed by atoms with van der Waals surface area (Å²) in [5, 5.41) is 9.43. The van der Waals surface area contributed by atoms with Crippen LogP contribution in [-0.2, 0) is 4.79 Å². The number of carboxylic acids is 1. The Morgan fingerprint density at radius 2 is 2.06 bits per heavy atom. The van der Waals surface area contributed by atoms with E-state index < -0.39 is 5.97 Å². The van der Waals surface area contributed by atoms with Gasteiger partial charge in [0.2, 0.25) is 0 Å². The van der Waals surface area contributed by atoms with E-state index in [1.165, 1.54) is 0 Å². The number of nitrogens with zero attached hydrogens (tertiary/aromatic N) is 1. The summed E-state index contributed by atoms with van der Waals surface area (Å²) in [7, 11) is 0. The Labute approximate surface area is 103 Å². The van der Waals surface area contributed by atoms with Crippen molar-refractivity contribution in [2.24, 2.45) is 0 Å². The first-order valence-corrected chi connectivity index (χ1v) is 4.46. The summed E-state index contributed by atoms with van der Waals surface area (Å²) in [5.74, 6) is -0.501. The van der Waals surface area contributed by atoms with Crippen LogP contribution in [0.5, 0.6) is 5.75 Å². The maximum absolute atomic E-state index is 10.4. The third-order valence-corrected chi connectivity index (χ3v) is 1.95. The molecule has 0 amide bonds. The van der Waals surface area contributed by atoms with Crippen LogP contribution in [0.4, 0.5) is 0 Å². The summed E-state index contributed by atoms with van der Waals surface area (Å²) in [6.07, 6.45) is 1.65. The number of halogens is 1. The number of carbonyl (C=O) groups is 1. The first kappa shape index (κ1) is 12.4. The molecule has 2 rings (SSSR count). The normalized spacial score (nSPS) is 9.50. The number of ether oxygens (including phenoxy) is 1. The molecule has 0 aliphatic rings. The van der Waals surface area contributed by atoms with Crippen LogP contribution in [0.25, 0.3) is 10.9 Å². The van der Waals surface area contributed by atoms with E-state index in [9.17, 15) is 4.79 Å². The van der Waals surface area contributed by atoms with Gasteiger partial charge in [-0.3, -0.25) is 4.98 Å². The Balaban J connectivity index is 0.00000128. The van der Waals surface area contributed by atoms with E-state index in [1.54, 1.807) is 18.3 Å². The number of carboxylic acid groups (broad SMARTS) is 1. The van der Waals surface area contributed by atoms with Gasteiger partial charge in [-0.1, -0.05) is 18.2 Å². The molecule has 4 nitrogen and oxygen atoms in total. The van der Waals surface area contributed by atoms with Gasteiger partial charge in [-0.2, -0.15) is 0 Å². The molecule has 0 fully saturated rings. The lowest BCUT2D eigenvalue weighted by Crippen LogP contribution is -2.09. The van der Waals surface area contributed by atoms with Crippen LogP contribution in [-0.4, -0.2) is 22.7 Å². The van der Waals surface area contributed by atoms with Gasteiger partial charge in [0.1, 0.15) is 11.3 Å². The van der Waals surface area contributed by atoms with Crippen LogP contribution < -0.4 is 4.74 Å². The number of pyridine rings is 1. The molecule has 1 aromatic heterocycles. The second kappa shape index (κ2) is 5.46. The van der Waals surface area contributed by atoms with Crippen molar-refractivity contribution in [3.63, 3.8) is 0 Å². The van der Waals surface area contributed by atoms with Crippen molar-refractivity contribution in [2.45, 2.75) is 0 Å². The van der Waals surface area contributed by atoms with Crippen molar-refractivity contribution in [3.8, 4) is 5.75 Å². The summed E-state index contributed by atoms with van der Waals surface area (Å²) in [6.45, 7) is -0.352. The molecule has 0 aliphatic heterocycles. The fraction of sp³-hybridized carbons (Fsp3) is 0.0909. The van der Waals surface area contributed by atoms with E-state index in [-0.39, 0.29) is 23.6 Å². The minimum absolute atomic E-state index is 0. The molecule has 2 aromatic rings. The third kappa shape index (κ3) is 2.70. The Morgan fingerprint density at radius 3 is 2.81 bits per heavy atom. The molecule has 16 heavy (non-hydrogen) atoms. The fourth-order valence-corrected chi connectivity index (χ4v) is 1.33. The van der Waals surface area contributed by atoms with Crippen molar-refractivity contribution in [1.82, 2.24) is 4.98 Å². The van der Waals surface area contributed by atoms with Gasteiger partial charge < -0.3 is 9.84 Å². The standard InChI is InChI=1S/C11H9NO3.BrH/c13-10(14)7-15-9-5-1-3-8-4-2-6-12-11(8)9;/h1-6H,7H2,(H,13,14);1H. The van der Waals surface area contributed by atoms with Crippen LogP contribution in [0.1, 0.15) is 0 Å². The number of aromatic nitrogens is 1. The number of benzene rings is 1. The minimum Gasteiger partial charge on any atom is -0.480 e. The highest BCUT2D eigenvalue weighted by atomic mass is 79.9. The van der Waals surface area contributed by atoms with Crippen LogP contribution in [0, 0.1) is 0 Å². The number of hydrogen-bond donors (Lipinski definition) is 1. The van der Waals surface area contributed by atoms with Crippen LogP contribution in [0.3, 0.4) is 0 Å². The molecule has 84 valence electrons. The molecule has 5 heteroatoms. The Morgan fingerprint density at radius 1 is 1.31 bits per heavy atom. The molecule has 0 saturated carbocycles. The van der Waals surface area contributed by atoms with Crippen LogP contribution in [0.2, 0.25) is 0 Å². The minimum atomic E-state index is -0.997. The van der Waals surface area contributed by atoms with Gasteiger partial charge >= 0.3 is 5.97 Å². The highest BCUT2D eigenvalue weighted by Gasteiger charge is 2.04. The molecule has 1 N–H and O–H groups in total. The summed E-state index contributed by atoms with van der Waals surface area (Å²) in [4.78, 5) is 14.5. The van der Waals surface area contributed by atoms with Gasteiger partial charge in [-0.05, 0) is 12.1 Å². The first-order valence-electron chi connectivity index (χ1n) is 4.46. The lowest BCUT2D eigenvalue weighted by molar-refractivity contribution is -0.139. The number of rotatable bonds is 3. The Kier molecular flexibility index (Phi) is 4.25. The largest absolute Gasteiger partial charge is 0.480 e. The molecule has 0 unspecified atom stereocenters. The number of hydrogen-bond acceptors (Lipinski definition) is 3. The Hall–Kier alpha value is -1.62. The lowest BCUT2D eigenvalue weighted by atomic mass is 10.2. The van der Waals surface area contributed by atoms with Crippen molar-refractivity contribution in [1.29, 1.82) is 0 Å². The van der Waals surface area contributed by atoms with E-state index in [0.29, 0.717) is 11.3 Å². The molecular formula is C11H10BrNO3. The lowest BCUT2D eigenvalue weighted by Gasteiger charge is -2.05. The smallest absolute Gasteiger partial charge is 0.341 e. The van der Waals surface area contributed by atoms with Gasteiger partial charge in [-0.25, -0.2) is 4.79 Å². The summed E-state index contributed by atoms with van der Waals surface area (Å²) >= 11 is 0. The first-order chi connectivity index (χ1) is 7.27. The zero-order valence-corrected chi connectivity index (χ0v) is 10.0. The number of fused-ring (bicyclic) bond motifs is 1. The maximum atomic E-state index is 10.4. The quantitative estimate of drug-likeness (QED) is 0.939. The molecule has 0 spiro atoms. The third-order valence-electron chi connectivity index (χ3n) is 1.95. The van der Waals surface area contributed by atoms with Crippen LogP contribution in [0.15, 0.2) is 36.5 Å². The van der Waals surface area contributed by atoms with Crippen molar-refractivity contribution >= 4 is 33.9 Å². The van der Waals surface area contributed by atoms with Gasteiger partial charge in [0, 0.05) is 11.6 Å². The van der Waals surface area contributed by atoms with Crippen molar-refractivity contribution < 1.29 is 14.6 Å². The second-order valence-electron chi connectivity index (χ2n) is 3.01. The summed E-state index contributed by atoms with van der Waals surface area (Å²) < 4.78 is 5.12. The van der Waals surface area contributed by atoms with E-state index in [1.807, 2.05) is 18.2 Å². The van der Waals surface area contributed by atoms with Gasteiger partial charge in [-0.15, -0.1) is 17.0 Å². The van der Waals surface area contributed by atoms with Crippen LogP contribution >= 0.6 is 17.0 Å². The van der Waals surface area contributed by atoms with Gasteiger partial charge in [0.15, 0.2) is 6.61 Å². The van der Waals surface area contributed by atoms with E-state index in [2.05, 4.69) is 4.98 Å². The molecule has 0 radical (unpaired) electrons. The van der Waals surface area contributed by atoms with Gasteiger partial charge in [0.25, 0.3) is 0 Å². The average Bonchev–Trinajstić information content (AvgIpc) is 2.26. The van der Waals surface area contributed by atoms with Crippen molar-refractivity contribution in [3.05, 3.63) is 36.5 Å². The molecule has 1 aromatic carbocycles. The molecule has 0 bridgehead atoms. The summed E-state index contributed by atoms with van der Waals surface area (Å²) in [5.41, 5.74) is 0.682. The molecule has 0 aliphatic carbocycles. The van der Waals surface area contributed by atoms with E-state index in [0.717, 1.165) is 5.39 Å². The zero-order valence-electron chi connectivity index (χ0n) is 8.29. The molecular weight excluding hydrogens is 274 g/mol. The predicted molar refractivity (Wildman–Crippen MR) is 65.2 cm³/mol. The molecule has 1 heterocycles. The number of aliphatic carboxylic acids is 1. The van der Waals surface area contributed by atoms with E-state index in [4.69, 9.17) is 9.84 Å². The highest BCUT2D eigenvalue weighted by Crippen LogP contribution is 2.22.